The predicted molar refractivity (Wildman–Crippen MR) is 125 cm³/mol. The summed E-state index contributed by atoms with van der Waals surface area (Å²) in [4.78, 5) is 0. The van der Waals surface area contributed by atoms with Crippen molar-refractivity contribution in [3.8, 4) is 22.6 Å². The topological polar surface area (TPSA) is 80.4 Å². The Morgan fingerprint density at radius 2 is 1.03 bits per heavy atom. The van der Waals surface area contributed by atoms with Crippen molar-refractivity contribution in [1.82, 2.24) is 0 Å². The summed E-state index contributed by atoms with van der Waals surface area (Å²) in [7, 11) is 0. The fraction of sp³-hybridized carbons (Fsp3) is 0.538. The molecule has 0 aromatic heterocycles. The lowest BCUT2D eigenvalue weighted by molar-refractivity contribution is -0.0841. The molecule has 0 radical (unpaired) electrons. The minimum atomic E-state index is -0.356. The molecular weight excluding hydrogens is 440 g/mol. The third kappa shape index (κ3) is 9.21. The van der Waals surface area contributed by atoms with Crippen LogP contribution >= 0.6 is 0 Å². The van der Waals surface area contributed by atoms with Gasteiger partial charge in [0, 0.05) is 0 Å². The van der Waals surface area contributed by atoms with Crippen molar-refractivity contribution >= 4 is 0 Å². The zero-order valence-electron chi connectivity index (χ0n) is 19.9. The van der Waals surface area contributed by atoms with Crippen molar-refractivity contribution in [2.45, 2.75) is 38.6 Å². The predicted octanol–water partition coefficient (Wildman–Crippen LogP) is 3.67. The first-order chi connectivity index (χ1) is 16.7. The Bertz CT molecular complexity index is 761. The minimum absolute atomic E-state index is 0.275. The number of epoxide rings is 2. The van der Waals surface area contributed by atoms with Crippen LogP contribution in [0.5, 0.6) is 11.5 Å². The zero-order chi connectivity index (χ0) is 23.6. The van der Waals surface area contributed by atoms with Crippen LogP contribution in [0.3, 0.4) is 0 Å². The van der Waals surface area contributed by atoms with Crippen LogP contribution in [0, 0.1) is 0 Å². The Kier molecular flexibility index (Phi) is 9.55. The third-order valence-corrected chi connectivity index (χ3v) is 5.22. The molecular formula is C26H34O8. The lowest BCUT2D eigenvalue weighted by Gasteiger charge is -2.16. The molecule has 4 atom stereocenters. The van der Waals surface area contributed by atoms with E-state index in [4.69, 9.17) is 37.9 Å². The molecule has 4 unspecified atom stereocenters. The van der Waals surface area contributed by atoms with Gasteiger partial charge in [-0.25, -0.2) is 0 Å². The van der Waals surface area contributed by atoms with Crippen LogP contribution in [0.4, 0.5) is 0 Å². The highest BCUT2D eigenvalue weighted by molar-refractivity contribution is 5.64. The third-order valence-electron chi connectivity index (χ3n) is 5.22. The first-order valence-electron chi connectivity index (χ1n) is 11.8. The first kappa shape index (κ1) is 24.9. The highest BCUT2D eigenvalue weighted by Crippen LogP contribution is 2.25. The van der Waals surface area contributed by atoms with Gasteiger partial charge in [0.1, 0.15) is 23.7 Å². The van der Waals surface area contributed by atoms with Gasteiger partial charge in [0.15, 0.2) is 12.6 Å². The van der Waals surface area contributed by atoms with Gasteiger partial charge in [0.05, 0.1) is 52.9 Å². The average molecular weight is 475 g/mol. The van der Waals surface area contributed by atoms with Crippen LogP contribution < -0.4 is 9.47 Å². The highest BCUT2D eigenvalue weighted by atomic mass is 16.7. The lowest BCUT2D eigenvalue weighted by Crippen LogP contribution is -2.19. The van der Waals surface area contributed by atoms with Crippen molar-refractivity contribution in [3.63, 3.8) is 0 Å². The highest BCUT2D eigenvalue weighted by Gasteiger charge is 2.22. The molecule has 0 spiro atoms. The molecule has 2 saturated heterocycles. The van der Waals surface area contributed by atoms with E-state index in [-0.39, 0.29) is 24.8 Å². The maximum absolute atomic E-state index is 5.82. The fourth-order valence-corrected chi connectivity index (χ4v) is 3.21. The molecule has 2 heterocycles. The van der Waals surface area contributed by atoms with Crippen LogP contribution in [-0.4, -0.2) is 77.6 Å². The molecule has 2 aliphatic heterocycles. The van der Waals surface area contributed by atoms with Gasteiger partial charge in [0.2, 0.25) is 0 Å². The van der Waals surface area contributed by atoms with E-state index in [0.29, 0.717) is 39.6 Å². The molecule has 0 amide bonds. The molecule has 0 saturated carbocycles. The van der Waals surface area contributed by atoms with Gasteiger partial charge in [0.25, 0.3) is 0 Å². The van der Waals surface area contributed by atoms with Gasteiger partial charge >= 0.3 is 0 Å². The lowest BCUT2D eigenvalue weighted by atomic mass is 10.1. The Balaban J connectivity index is 1.13. The van der Waals surface area contributed by atoms with E-state index in [2.05, 4.69) is 0 Å². The summed E-state index contributed by atoms with van der Waals surface area (Å²) in [5.41, 5.74) is 2.17. The van der Waals surface area contributed by atoms with Crippen molar-refractivity contribution in [3.05, 3.63) is 48.5 Å². The van der Waals surface area contributed by atoms with Gasteiger partial charge in [-0.15, -0.1) is 0 Å². The van der Waals surface area contributed by atoms with Crippen molar-refractivity contribution in [1.29, 1.82) is 0 Å². The number of hydrogen-bond acceptors (Lipinski definition) is 8. The van der Waals surface area contributed by atoms with E-state index in [0.717, 1.165) is 35.8 Å². The molecule has 2 aromatic rings. The molecule has 0 N–H and O–H groups in total. The maximum atomic E-state index is 5.82. The fourth-order valence-electron chi connectivity index (χ4n) is 3.21. The second-order valence-corrected chi connectivity index (χ2v) is 8.22. The molecule has 2 fully saturated rings. The van der Waals surface area contributed by atoms with Crippen LogP contribution in [0.2, 0.25) is 0 Å². The van der Waals surface area contributed by atoms with Crippen LogP contribution in [0.25, 0.3) is 11.1 Å². The van der Waals surface area contributed by atoms with Crippen LogP contribution in [0.15, 0.2) is 48.5 Å². The van der Waals surface area contributed by atoms with Crippen molar-refractivity contribution < 1.29 is 37.9 Å². The molecule has 2 aromatic carbocycles. The van der Waals surface area contributed by atoms with E-state index < -0.39 is 0 Å². The SMILES string of the molecule is CC(OCCOCC1CO1)Oc1ccc(-c2ccc(OC(C)OCCOCC3CO3)cc2)cc1. The summed E-state index contributed by atoms with van der Waals surface area (Å²) in [5.74, 6) is 1.51. The van der Waals surface area contributed by atoms with Crippen molar-refractivity contribution in [2.75, 3.05) is 52.9 Å². The van der Waals surface area contributed by atoms with E-state index in [1.807, 2.05) is 62.4 Å². The Morgan fingerprint density at radius 3 is 1.38 bits per heavy atom. The monoisotopic (exact) mass is 474 g/mol. The number of ether oxygens (including phenoxy) is 8. The van der Waals surface area contributed by atoms with Gasteiger partial charge in [-0.3, -0.25) is 0 Å². The van der Waals surface area contributed by atoms with E-state index >= 15 is 0 Å². The number of benzene rings is 2. The van der Waals surface area contributed by atoms with Crippen LogP contribution in [0.1, 0.15) is 13.8 Å². The molecule has 2 aliphatic rings. The molecule has 0 bridgehead atoms. The normalized spacial score (nSPS) is 20.5. The smallest absolute Gasteiger partial charge is 0.197 e. The number of rotatable bonds is 17. The summed E-state index contributed by atoms with van der Waals surface area (Å²) in [5, 5.41) is 0. The number of hydrogen-bond donors (Lipinski definition) is 0. The quantitative estimate of drug-likeness (QED) is 0.195. The molecule has 4 rings (SSSR count). The Labute approximate surface area is 200 Å². The van der Waals surface area contributed by atoms with E-state index in [9.17, 15) is 0 Å². The standard InChI is InChI=1S/C26H34O8/c1-19(29-13-11-27-15-25-17-31-25)33-23-7-3-21(4-8-23)22-5-9-24(10-6-22)34-20(2)30-14-12-28-16-26-18-32-26/h3-10,19-20,25-26H,11-18H2,1-2H3. The zero-order valence-corrected chi connectivity index (χ0v) is 19.9. The molecule has 34 heavy (non-hydrogen) atoms. The Morgan fingerprint density at radius 1 is 0.647 bits per heavy atom. The Hall–Kier alpha value is -2.20. The molecule has 186 valence electrons. The maximum Gasteiger partial charge on any atom is 0.197 e. The summed E-state index contributed by atoms with van der Waals surface area (Å²) in [6.07, 6.45) is -0.162. The van der Waals surface area contributed by atoms with Crippen LogP contribution in [-0.2, 0) is 28.4 Å². The molecule has 8 nitrogen and oxygen atoms in total. The summed E-state index contributed by atoms with van der Waals surface area (Å²) in [6.45, 7) is 8.63. The molecule has 8 heteroatoms. The summed E-state index contributed by atoms with van der Waals surface area (Å²) < 4.78 is 44.0. The van der Waals surface area contributed by atoms with Gasteiger partial charge in [-0.05, 0) is 49.2 Å². The van der Waals surface area contributed by atoms with Crippen molar-refractivity contribution in [2.24, 2.45) is 0 Å². The first-order valence-corrected chi connectivity index (χ1v) is 11.8. The van der Waals surface area contributed by atoms with Gasteiger partial charge < -0.3 is 37.9 Å². The summed E-state index contributed by atoms with van der Waals surface area (Å²) >= 11 is 0. The van der Waals surface area contributed by atoms with E-state index in [1.54, 1.807) is 0 Å². The second-order valence-electron chi connectivity index (χ2n) is 8.22. The van der Waals surface area contributed by atoms with Gasteiger partial charge in [-0.2, -0.15) is 0 Å². The molecule has 0 aliphatic carbocycles. The second kappa shape index (κ2) is 13.0. The largest absolute Gasteiger partial charge is 0.465 e. The minimum Gasteiger partial charge on any atom is -0.465 e. The summed E-state index contributed by atoms with van der Waals surface area (Å²) in [6, 6.07) is 15.8. The average Bonchev–Trinajstić information content (AvgIpc) is 3.76. The van der Waals surface area contributed by atoms with E-state index in [1.165, 1.54) is 0 Å². The van der Waals surface area contributed by atoms with Gasteiger partial charge in [-0.1, -0.05) is 24.3 Å².